The number of benzene rings is 1. The van der Waals surface area contributed by atoms with Gasteiger partial charge >= 0.3 is 0 Å². The molecule has 0 spiro atoms. The Balaban J connectivity index is 2.31. The standard InChI is InChI=1S/C12H13ClO/c1-8(14)9-5-6-11-10(7-9)3-2-4-12(11)13/h2-4,9H,5-7H2,1H3. The van der Waals surface area contributed by atoms with E-state index in [1.165, 1.54) is 11.1 Å². The average molecular weight is 209 g/mol. The van der Waals surface area contributed by atoms with Crippen LogP contribution in [0.5, 0.6) is 0 Å². The SMILES string of the molecule is CC(=O)C1CCc2c(Cl)cccc2C1. The molecule has 2 rings (SSSR count). The van der Waals surface area contributed by atoms with Crippen LogP contribution in [0, 0.1) is 5.92 Å². The predicted molar refractivity (Wildman–Crippen MR) is 57.6 cm³/mol. The van der Waals surface area contributed by atoms with Crippen LogP contribution in [0.2, 0.25) is 5.02 Å². The quantitative estimate of drug-likeness (QED) is 0.694. The van der Waals surface area contributed by atoms with Gasteiger partial charge in [-0.1, -0.05) is 23.7 Å². The second-order valence-corrected chi connectivity index (χ2v) is 4.34. The van der Waals surface area contributed by atoms with Gasteiger partial charge in [-0.3, -0.25) is 4.79 Å². The number of Topliss-reactive ketones (excluding diaryl/α,β-unsaturated/α-hetero) is 1. The van der Waals surface area contributed by atoms with E-state index in [0.717, 1.165) is 24.3 Å². The molecule has 1 aromatic rings. The molecule has 1 nitrogen and oxygen atoms in total. The Morgan fingerprint density at radius 2 is 2.29 bits per heavy atom. The minimum atomic E-state index is 0.209. The van der Waals surface area contributed by atoms with Crippen molar-refractivity contribution >= 4 is 17.4 Å². The molecule has 0 aromatic heterocycles. The van der Waals surface area contributed by atoms with Crippen molar-refractivity contribution in [3.63, 3.8) is 0 Å². The maximum Gasteiger partial charge on any atom is 0.133 e. The molecule has 0 bridgehead atoms. The molecule has 1 unspecified atom stereocenters. The molecular formula is C12H13ClO. The van der Waals surface area contributed by atoms with Crippen LogP contribution >= 0.6 is 11.6 Å². The highest BCUT2D eigenvalue weighted by Crippen LogP contribution is 2.30. The summed E-state index contributed by atoms with van der Waals surface area (Å²) in [6, 6.07) is 5.97. The topological polar surface area (TPSA) is 17.1 Å². The smallest absolute Gasteiger partial charge is 0.133 e. The first kappa shape index (κ1) is 9.72. The number of hydrogen-bond acceptors (Lipinski definition) is 1. The van der Waals surface area contributed by atoms with Crippen molar-refractivity contribution in [2.75, 3.05) is 0 Å². The maximum atomic E-state index is 11.3. The molecule has 0 amide bonds. The van der Waals surface area contributed by atoms with E-state index in [1.54, 1.807) is 6.92 Å². The van der Waals surface area contributed by atoms with E-state index in [9.17, 15) is 4.79 Å². The number of fused-ring (bicyclic) bond motifs is 1. The maximum absolute atomic E-state index is 11.3. The van der Waals surface area contributed by atoms with Crippen LogP contribution in [0.25, 0.3) is 0 Å². The number of carbonyl (C=O) groups is 1. The first-order valence-electron chi connectivity index (χ1n) is 4.95. The molecule has 1 aliphatic carbocycles. The summed E-state index contributed by atoms with van der Waals surface area (Å²) >= 11 is 6.08. The Labute approximate surface area is 89.1 Å². The number of carbonyl (C=O) groups excluding carboxylic acids is 1. The second-order valence-electron chi connectivity index (χ2n) is 3.93. The van der Waals surface area contributed by atoms with Crippen LogP contribution in [0.15, 0.2) is 18.2 Å². The highest BCUT2D eigenvalue weighted by molar-refractivity contribution is 6.31. The normalized spacial score (nSPS) is 20.3. The van der Waals surface area contributed by atoms with E-state index >= 15 is 0 Å². The average Bonchev–Trinajstić information content (AvgIpc) is 2.17. The lowest BCUT2D eigenvalue weighted by molar-refractivity contribution is -0.121. The number of hydrogen-bond donors (Lipinski definition) is 0. The molecule has 74 valence electrons. The fourth-order valence-electron chi connectivity index (χ4n) is 2.11. The fourth-order valence-corrected chi connectivity index (χ4v) is 2.40. The monoisotopic (exact) mass is 208 g/mol. The van der Waals surface area contributed by atoms with E-state index in [1.807, 2.05) is 12.1 Å². The van der Waals surface area contributed by atoms with E-state index in [2.05, 4.69) is 6.07 Å². The minimum Gasteiger partial charge on any atom is -0.300 e. The van der Waals surface area contributed by atoms with Crippen molar-refractivity contribution in [1.82, 2.24) is 0 Å². The fraction of sp³-hybridized carbons (Fsp3) is 0.417. The Kier molecular flexibility index (Phi) is 2.60. The van der Waals surface area contributed by atoms with E-state index in [4.69, 9.17) is 11.6 Å². The van der Waals surface area contributed by atoms with E-state index in [-0.39, 0.29) is 5.92 Å². The first-order chi connectivity index (χ1) is 6.68. The molecule has 0 saturated heterocycles. The van der Waals surface area contributed by atoms with Gasteiger partial charge in [0.05, 0.1) is 0 Å². The number of halogens is 1. The second kappa shape index (κ2) is 3.74. The van der Waals surface area contributed by atoms with Gasteiger partial charge in [0.15, 0.2) is 0 Å². The van der Waals surface area contributed by atoms with Crippen molar-refractivity contribution in [1.29, 1.82) is 0 Å². The van der Waals surface area contributed by atoms with Gasteiger partial charge in [-0.25, -0.2) is 0 Å². The summed E-state index contributed by atoms with van der Waals surface area (Å²) in [5.41, 5.74) is 2.50. The Morgan fingerprint density at radius 3 is 3.00 bits per heavy atom. The van der Waals surface area contributed by atoms with Crippen LogP contribution < -0.4 is 0 Å². The van der Waals surface area contributed by atoms with Crippen molar-refractivity contribution in [3.8, 4) is 0 Å². The largest absolute Gasteiger partial charge is 0.300 e. The van der Waals surface area contributed by atoms with Gasteiger partial charge in [0.2, 0.25) is 0 Å². The predicted octanol–water partition coefficient (Wildman–Crippen LogP) is 3.03. The van der Waals surface area contributed by atoms with Crippen molar-refractivity contribution in [2.45, 2.75) is 26.2 Å². The van der Waals surface area contributed by atoms with Gasteiger partial charge in [0.1, 0.15) is 5.78 Å². The number of rotatable bonds is 1. The molecule has 0 aliphatic heterocycles. The summed E-state index contributed by atoms with van der Waals surface area (Å²) < 4.78 is 0. The molecule has 1 aliphatic rings. The van der Waals surface area contributed by atoms with Crippen molar-refractivity contribution < 1.29 is 4.79 Å². The Hall–Kier alpha value is -0.820. The van der Waals surface area contributed by atoms with Crippen LogP contribution in [0.4, 0.5) is 0 Å². The lowest BCUT2D eigenvalue weighted by Gasteiger charge is -2.23. The van der Waals surface area contributed by atoms with Crippen molar-refractivity contribution in [3.05, 3.63) is 34.3 Å². The molecule has 1 aromatic carbocycles. The van der Waals surface area contributed by atoms with Crippen LogP contribution in [0.3, 0.4) is 0 Å². The molecule has 0 fully saturated rings. The van der Waals surface area contributed by atoms with Gasteiger partial charge in [0.25, 0.3) is 0 Å². The Bertz CT molecular complexity index is 371. The van der Waals surface area contributed by atoms with Gasteiger partial charge in [0, 0.05) is 10.9 Å². The lowest BCUT2D eigenvalue weighted by Crippen LogP contribution is -2.20. The summed E-state index contributed by atoms with van der Waals surface area (Å²) in [7, 11) is 0. The summed E-state index contributed by atoms with van der Waals surface area (Å²) in [4.78, 5) is 11.3. The molecule has 0 saturated carbocycles. The molecule has 0 N–H and O–H groups in total. The van der Waals surface area contributed by atoms with E-state index < -0.39 is 0 Å². The molecule has 1 atom stereocenters. The lowest BCUT2D eigenvalue weighted by atomic mass is 9.82. The summed E-state index contributed by atoms with van der Waals surface area (Å²) in [5.74, 6) is 0.511. The third kappa shape index (κ3) is 1.69. The van der Waals surface area contributed by atoms with Crippen LogP contribution in [-0.2, 0) is 17.6 Å². The molecule has 14 heavy (non-hydrogen) atoms. The summed E-state index contributed by atoms with van der Waals surface area (Å²) in [5, 5.41) is 0.851. The van der Waals surface area contributed by atoms with Crippen LogP contribution in [-0.4, -0.2) is 5.78 Å². The molecule has 2 heteroatoms. The highest BCUT2D eigenvalue weighted by atomic mass is 35.5. The first-order valence-corrected chi connectivity index (χ1v) is 5.33. The molecule has 0 radical (unpaired) electrons. The van der Waals surface area contributed by atoms with Gasteiger partial charge in [-0.05, 0) is 43.4 Å². The van der Waals surface area contributed by atoms with Crippen LogP contribution in [0.1, 0.15) is 24.5 Å². The third-order valence-corrected chi connectivity index (χ3v) is 3.35. The molecule has 0 heterocycles. The minimum absolute atomic E-state index is 0.209. The van der Waals surface area contributed by atoms with Gasteiger partial charge < -0.3 is 0 Å². The summed E-state index contributed by atoms with van der Waals surface area (Å²) in [6.45, 7) is 1.68. The van der Waals surface area contributed by atoms with Gasteiger partial charge in [-0.15, -0.1) is 0 Å². The third-order valence-electron chi connectivity index (χ3n) is 3.00. The van der Waals surface area contributed by atoms with Crippen molar-refractivity contribution in [2.24, 2.45) is 5.92 Å². The van der Waals surface area contributed by atoms with Gasteiger partial charge in [-0.2, -0.15) is 0 Å². The summed E-state index contributed by atoms with van der Waals surface area (Å²) in [6.07, 6.45) is 2.76. The zero-order valence-electron chi connectivity index (χ0n) is 8.22. The zero-order valence-corrected chi connectivity index (χ0v) is 8.97. The highest BCUT2D eigenvalue weighted by Gasteiger charge is 2.22. The molecular weight excluding hydrogens is 196 g/mol. The van der Waals surface area contributed by atoms with E-state index in [0.29, 0.717) is 5.78 Å². The number of ketones is 1. The zero-order chi connectivity index (χ0) is 10.1. The Morgan fingerprint density at radius 1 is 1.50 bits per heavy atom.